The number of rotatable bonds is 5. The van der Waals surface area contributed by atoms with Crippen LogP contribution < -0.4 is 20.7 Å². The fourth-order valence-electron chi connectivity index (χ4n) is 3.80. The first-order valence-corrected chi connectivity index (χ1v) is 9.84. The number of hydrogen-bond donors (Lipinski definition) is 0. The summed E-state index contributed by atoms with van der Waals surface area (Å²) in [5, 5.41) is 0.402. The molecule has 2 heterocycles. The van der Waals surface area contributed by atoms with Crippen molar-refractivity contribution in [2.75, 3.05) is 14.2 Å². The third-order valence-corrected chi connectivity index (χ3v) is 5.22. The maximum Gasteiger partial charge on any atom is 0.337 e. The number of benzene rings is 2. The Bertz CT molecular complexity index is 1400. The van der Waals surface area contributed by atoms with E-state index in [2.05, 4.69) is 4.98 Å². The van der Waals surface area contributed by atoms with Gasteiger partial charge in [-0.3, -0.25) is 9.36 Å². The van der Waals surface area contributed by atoms with Crippen molar-refractivity contribution >= 4 is 11.0 Å². The number of ether oxygens (including phenoxy) is 2. The molecule has 0 radical (unpaired) electrons. The van der Waals surface area contributed by atoms with Gasteiger partial charge < -0.3 is 9.47 Å². The maximum atomic E-state index is 13.7. The lowest BCUT2D eigenvalue weighted by Gasteiger charge is -2.17. The van der Waals surface area contributed by atoms with Crippen molar-refractivity contribution < 1.29 is 9.47 Å². The van der Waals surface area contributed by atoms with Crippen LogP contribution in [0.5, 0.6) is 11.5 Å². The lowest BCUT2D eigenvalue weighted by molar-refractivity contribution is 0.412. The Balaban J connectivity index is 2.09. The van der Waals surface area contributed by atoms with E-state index in [4.69, 9.17) is 9.47 Å². The molecule has 0 aliphatic rings. The summed E-state index contributed by atoms with van der Waals surface area (Å²) in [4.78, 5) is 31.6. The van der Waals surface area contributed by atoms with E-state index in [-0.39, 0.29) is 12.1 Å². The van der Waals surface area contributed by atoms with E-state index in [1.165, 1.54) is 9.13 Å². The van der Waals surface area contributed by atoms with Gasteiger partial charge in [0, 0.05) is 5.69 Å². The Kier molecular flexibility index (Phi) is 5.33. The molecule has 31 heavy (non-hydrogen) atoms. The van der Waals surface area contributed by atoms with Gasteiger partial charge in [-0.15, -0.1) is 0 Å². The van der Waals surface area contributed by atoms with Gasteiger partial charge in [0.1, 0.15) is 11.5 Å². The number of fused-ring (bicyclic) bond motifs is 1. The van der Waals surface area contributed by atoms with Crippen LogP contribution >= 0.6 is 0 Å². The second-order valence-electron chi connectivity index (χ2n) is 7.31. The Hall–Kier alpha value is -3.87. The lowest BCUT2D eigenvalue weighted by Crippen LogP contribution is -2.40. The van der Waals surface area contributed by atoms with Crippen molar-refractivity contribution in [3.05, 3.63) is 92.3 Å². The smallest absolute Gasteiger partial charge is 0.337 e. The molecule has 0 bridgehead atoms. The van der Waals surface area contributed by atoms with E-state index in [0.29, 0.717) is 28.2 Å². The van der Waals surface area contributed by atoms with E-state index in [1.807, 2.05) is 56.3 Å². The summed E-state index contributed by atoms with van der Waals surface area (Å²) >= 11 is 0. The molecule has 0 saturated carbocycles. The van der Waals surface area contributed by atoms with Crippen LogP contribution in [0.25, 0.3) is 16.7 Å². The first kappa shape index (κ1) is 20.4. The van der Waals surface area contributed by atoms with E-state index in [9.17, 15) is 9.59 Å². The van der Waals surface area contributed by atoms with Gasteiger partial charge in [0.2, 0.25) is 0 Å². The standard InChI is InChI=1S/C24H23N3O4/c1-15-12-16(2)25-22-21(15)23(28)26(14-17-8-7-9-18(13-17)30-3)24(29)27(22)19-10-5-6-11-20(19)31-4/h5-13H,14H2,1-4H3. The number of hydrogen-bond acceptors (Lipinski definition) is 5. The third kappa shape index (κ3) is 3.59. The molecule has 0 amide bonds. The lowest BCUT2D eigenvalue weighted by atomic mass is 10.1. The van der Waals surface area contributed by atoms with Crippen LogP contribution in [-0.4, -0.2) is 28.3 Å². The second-order valence-corrected chi connectivity index (χ2v) is 7.31. The van der Waals surface area contributed by atoms with E-state index < -0.39 is 5.69 Å². The molecular weight excluding hydrogens is 394 g/mol. The predicted molar refractivity (Wildman–Crippen MR) is 120 cm³/mol. The minimum atomic E-state index is -0.484. The van der Waals surface area contributed by atoms with Crippen LogP contribution in [0.1, 0.15) is 16.8 Å². The minimum Gasteiger partial charge on any atom is -0.497 e. The molecule has 4 aromatic rings. The van der Waals surface area contributed by atoms with Gasteiger partial charge in [0.15, 0.2) is 5.65 Å². The summed E-state index contributed by atoms with van der Waals surface area (Å²) in [6.07, 6.45) is 0. The molecule has 0 N–H and O–H groups in total. The fourth-order valence-corrected chi connectivity index (χ4v) is 3.80. The molecular formula is C24H23N3O4. The number of methoxy groups -OCH3 is 2. The molecule has 7 nitrogen and oxygen atoms in total. The third-order valence-electron chi connectivity index (χ3n) is 5.22. The molecule has 0 aliphatic heterocycles. The van der Waals surface area contributed by atoms with E-state index in [0.717, 1.165) is 16.8 Å². The largest absolute Gasteiger partial charge is 0.497 e. The van der Waals surface area contributed by atoms with E-state index in [1.54, 1.807) is 26.4 Å². The van der Waals surface area contributed by atoms with Crippen LogP contribution in [0.4, 0.5) is 0 Å². The van der Waals surface area contributed by atoms with Gasteiger partial charge in [0.25, 0.3) is 5.56 Å². The van der Waals surface area contributed by atoms with Crippen molar-refractivity contribution in [1.82, 2.24) is 14.1 Å². The quantitative estimate of drug-likeness (QED) is 0.498. The summed E-state index contributed by atoms with van der Waals surface area (Å²) in [6.45, 7) is 3.80. The zero-order valence-electron chi connectivity index (χ0n) is 17.9. The van der Waals surface area contributed by atoms with Crippen LogP contribution in [0.3, 0.4) is 0 Å². The summed E-state index contributed by atoms with van der Waals surface area (Å²) in [5.74, 6) is 1.17. The minimum absolute atomic E-state index is 0.104. The highest BCUT2D eigenvalue weighted by Crippen LogP contribution is 2.24. The zero-order valence-corrected chi connectivity index (χ0v) is 17.9. The summed E-state index contributed by atoms with van der Waals surface area (Å²) < 4.78 is 13.5. The molecule has 7 heteroatoms. The number of para-hydroxylation sites is 2. The molecule has 2 aromatic carbocycles. The summed E-state index contributed by atoms with van der Waals surface area (Å²) in [5.41, 5.74) is 2.24. The van der Waals surface area contributed by atoms with Crippen molar-refractivity contribution in [3.63, 3.8) is 0 Å². The predicted octanol–water partition coefficient (Wildman–Crippen LogP) is 3.23. The normalized spacial score (nSPS) is 11.0. The number of aryl methyl sites for hydroxylation is 2. The molecule has 0 unspecified atom stereocenters. The average Bonchev–Trinajstić information content (AvgIpc) is 2.76. The zero-order chi connectivity index (χ0) is 22.1. The first-order valence-electron chi connectivity index (χ1n) is 9.84. The second kappa shape index (κ2) is 8.10. The highest BCUT2D eigenvalue weighted by atomic mass is 16.5. The van der Waals surface area contributed by atoms with Gasteiger partial charge >= 0.3 is 5.69 Å². The van der Waals surface area contributed by atoms with Gasteiger partial charge in [-0.25, -0.2) is 14.3 Å². The molecule has 0 fully saturated rings. The molecule has 0 aliphatic carbocycles. The van der Waals surface area contributed by atoms with Crippen LogP contribution in [0.15, 0.2) is 64.2 Å². The van der Waals surface area contributed by atoms with Crippen LogP contribution in [0, 0.1) is 13.8 Å². The molecule has 2 aromatic heterocycles. The van der Waals surface area contributed by atoms with Crippen LogP contribution in [-0.2, 0) is 6.54 Å². The molecule has 0 spiro atoms. The van der Waals surface area contributed by atoms with Gasteiger partial charge in [-0.1, -0.05) is 24.3 Å². The van der Waals surface area contributed by atoms with Crippen molar-refractivity contribution in [1.29, 1.82) is 0 Å². The Morgan fingerprint density at radius 3 is 2.45 bits per heavy atom. The molecule has 0 atom stereocenters. The fraction of sp³-hybridized carbons (Fsp3) is 0.208. The van der Waals surface area contributed by atoms with Crippen LogP contribution in [0.2, 0.25) is 0 Å². The highest BCUT2D eigenvalue weighted by molar-refractivity contribution is 5.80. The van der Waals surface area contributed by atoms with Crippen molar-refractivity contribution in [2.24, 2.45) is 0 Å². The van der Waals surface area contributed by atoms with Crippen molar-refractivity contribution in [2.45, 2.75) is 20.4 Å². The SMILES string of the molecule is COc1cccc(Cn2c(=O)c3c(C)cc(C)nc3n(-c3ccccc3OC)c2=O)c1. The average molecular weight is 417 g/mol. The van der Waals surface area contributed by atoms with Crippen molar-refractivity contribution in [3.8, 4) is 17.2 Å². The Morgan fingerprint density at radius 2 is 1.71 bits per heavy atom. The summed E-state index contributed by atoms with van der Waals surface area (Å²) in [7, 11) is 3.12. The van der Waals surface area contributed by atoms with Gasteiger partial charge in [-0.2, -0.15) is 0 Å². The molecule has 0 saturated heterocycles. The van der Waals surface area contributed by atoms with Gasteiger partial charge in [0.05, 0.1) is 31.8 Å². The highest BCUT2D eigenvalue weighted by Gasteiger charge is 2.20. The topological polar surface area (TPSA) is 75.3 Å². The maximum absolute atomic E-state index is 13.7. The number of pyridine rings is 1. The molecule has 158 valence electrons. The molecule has 4 rings (SSSR count). The Labute approximate surface area is 179 Å². The number of aromatic nitrogens is 3. The monoisotopic (exact) mass is 417 g/mol. The summed E-state index contributed by atoms with van der Waals surface area (Å²) in [6, 6.07) is 16.3. The Morgan fingerprint density at radius 1 is 0.935 bits per heavy atom. The van der Waals surface area contributed by atoms with Gasteiger partial charge in [-0.05, 0) is 55.3 Å². The number of nitrogens with zero attached hydrogens (tertiary/aromatic N) is 3. The first-order chi connectivity index (χ1) is 14.9. The van der Waals surface area contributed by atoms with E-state index >= 15 is 0 Å².